The van der Waals surface area contributed by atoms with Gasteiger partial charge in [-0.25, -0.2) is 0 Å². The summed E-state index contributed by atoms with van der Waals surface area (Å²) in [6.45, 7) is 0.729. The number of amides is 1. The van der Waals surface area contributed by atoms with Crippen LogP contribution in [0.3, 0.4) is 0 Å². The molecule has 0 fully saturated rings. The molecule has 3 heteroatoms. The van der Waals surface area contributed by atoms with Gasteiger partial charge in [-0.2, -0.15) is 12.6 Å². The van der Waals surface area contributed by atoms with E-state index in [9.17, 15) is 4.79 Å². The Bertz CT molecular complexity index is 57.7. The number of nitrogens with zero attached hydrogens (tertiary/aromatic N) is 1. The van der Waals surface area contributed by atoms with E-state index in [1.807, 2.05) is 0 Å². The largest absolute Gasteiger partial charge is 0.348 e. The second-order valence-electron chi connectivity index (χ2n) is 1.31. The number of hydrogen-bond acceptors (Lipinski definition) is 2. The molecule has 0 bridgehead atoms. The van der Waals surface area contributed by atoms with Crippen LogP contribution in [0.15, 0.2) is 0 Å². The summed E-state index contributed by atoms with van der Waals surface area (Å²) in [5.41, 5.74) is 0. The van der Waals surface area contributed by atoms with E-state index < -0.39 is 0 Å². The molecule has 0 saturated carbocycles. The average molecular weight is 119 g/mol. The van der Waals surface area contributed by atoms with E-state index in [4.69, 9.17) is 0 Å². The van der Waals surface area contributed by atoms with Crippen molar-refractivity contribution in [2.24, 2.45) is 0 Å². The summed E-state index contributed by atoms with van der Waals surface area (Å²) in [5.74, 6) is 0.731. The molecule has 0 atom stereocenters. The molecule has 7 heavy (non-hydrogen) atoms. The van der Waals surface area contributed by atoms with Crippen LogP contribution in [0.2, 0.25) is 0 Å². The summed E-state index contributed by atoms with van der Waals surface area (Å²) < 4.78 is 0. The molecule has 0 saturated heterocycles. The van der Waals surface area contributed by atoms with Gasteiger partial charge in [0.15, 0.2) is 0 Å². The van der Waals surface area contributed by atoms with Crippen molar-refractivity contribution in [3.8, 4) is 0 Å². The van der Waals surface area contributed by atoms with Crippen molar-refractivity contribution in [1.82, 2.24) is 4.90 Å². The summed E-state index contributed by atoms with van der Waals surface area (Å²) in [6, 6.07) is 0. The molecule has 0 heterocycles. The molecular weight excluding hydrogens is 110 g/mol. The smallest absolute Gasteiger partial charge is 0.209 e. The van der Waals surface area contributed by atoms with E-state index in [0.717, 1.165) is 18.7 Å². The number of rotatable bonds is 3. The normalized spacial score (nSPS) is 8.29. The zero-order valence-electron chi connectivity index (χ0n) is 4.29. The predicted octanol–water partition coefficient (Wildman–Crippen LogP) is 0.00440. The second kappa shape index (κ2) is 3.99. The van der Waals surface area contributed by atoms with Gasteiger partial charge in [0.05, 0.1) is 0 Å². The zero-order valence-corrected chi connectivity index (χ0v) is 5.19. The Morgan fingerprint density at radius 3 is 2.57 bits per heavy atom. The van der Waals surface area contributed by atoms with Crippen LogP contribution in [-0.4, -0.2) is 30.7 Å². The lowest BCUT2D eigenvalue weighted by molar-refractivity contribution is -0.116. The minimum Gasteiger partial charge on any atom is -0.348 e. The molecule has 1 amide bonds. The van der Waals surface area contributed by atoms with Gasteiger partial charge in [0.2, 0.25) is 6.41 Å². The van der Waals surface area contributed by atoms with Gasteiger partial charge >= 0.3 is 0 Å². The van der Waals surface area contributed by atoms with Crippen LogP contribution in [0.4, 0.5) is 0 Å². The molecule has 0 aromatic rings. The molecule has 0 spiro atoms. The van der Waals surface area contributed by atoms with E-state index in [2.05, 4.69) is 12.6 Å². The van der Waals surface area contributed by atoms with Crippen molar-refractivity contribution in [2.45, 2.75) is 0 Å². The minimum absolute atomic E-state index is 0.729. The lowest BCUT2D eigenvalue weighted by Crippen LogP contribution is -2.17. The van der Waals surface area contributed by atoms with Crippen LogP contribution < -0.4 is 0 Å². The minimum atomic E-state index is 0.729. The first-order chi connectivity index (χ1) is 3.31. The third kappa shape index (κ3) is 3.66. The molecule has 0 aromatic carbocycles. The number of carbonyl (C=O) groups is 1. The fraction of sp³-hybridized carbons (Fsp3) is 0.750. The van der Waals surface area contributed by atoms with Gasteiger partial charge in [0, 0.05) is 19.3 Å². The van der Waals surface area contributed by atoms with Crippen molar-refractivity contribution in [2.75, 3.05) is 19.3 Å². The second-order valence-corrected chi connectivity index (χ2v) is 1.76. The third-order valence-electron chi connectivity index (χ3n) is 0.633. The highest BCUT2D eigenvalue weighted by molar-refractivity contribution is 7.80. The molecule has 0 aliphatic carbocycles. The number of thiol groups is 1. The van der Waals surface area contributed by atoms with Crippen LogP contribution in [0.1, 0.15) is 0 Å². The molecule has 0 aliphatic rings. The predicted molar refractivity (Wildman–Crippen MR) is 32.5 cm³/mol. The average Bonchev–Trinajstić information content (AvgIpc) is 1.68. The maximum Gasteiger partial charge on any atom is 0.209 e. The molecule has 42 valence electrons. The highest BCUT2D eigenvalue weighted by Crippen LogP contribution is 1.76. The summed E-state index contributed by atoms with van der Waals surface area (Å²) in [5, 5.41) is 0. The van der Waals surface area contributed by atoms with E-state index in [1.165, 1.54) is 0 Å². The first-order valence-corrected chi connectivity index (χ1v) is 2.71. The Balaban J connectivity index is 2.98. The molecule has 0 rings (SSSR count). The first kappa shape index (κ1) is 6.82. The first-order valence-electron chi connectivity index (χ1n) is 2.07. The summed E-state index contributed by atoms with van der Waals surface area (Å²) in [4.78, 5) is 11.3. The van der Waals surface area contributed by atoms with E-state index in [-0.39, 0.29) is 0 Å². The van der Waals surface area contributed by atoms with Gasteiger partial charge in [-0.3, -0.25) is 4.79 Å². The Hall–Kier alpha value is -0.180. The number of carbonyl (C=O) groups excluding carboxylic acids is 1. The molecule has 0 N–H and O–H groups in total. The molecule has 2 nitrogen and oxygen atoms in total. The van der Waals surface area contributed by atoms with Crippen LogP contribution >= 0.6 is 12.6 Å². The third-order valence-corrected chi connectivity index (χ3v) is 0.833. The lowest BCUT2D eigenvalue weighted by Gasteiger charge is -2.05. The maximum absolute atomic E-state index is 9.79. The van der Waals surface area contributed by atoms with Gasteiger partial charge in [-0.1, -0.05) is 0 Å². The lowest BCUT2D eigenvalue weighted by atomic mass is 10.7. The van der Waals surface area contributed by atoms with Crippen molar-refractivity contribution in [3.63, 3.8) is 0 Å². The zero-order chi connectivity index (χ0) is 5.70. The van der Waals surface area contributed by atoms with Crippen molar-refractivity contribution in [3.05, 3.63) is 0 Å². The number of hydrogen-bond donors (Lipinski definition) is 1. The summed E-state index contributed by atoms with van der Waals surface area (Å²) in [6.07, 6.45) is 0.788. The fourth-order valence-corrected chi connectivity index (χ4v) is 0.526. The van der Waals surface area contributed by atoms with E-state index in [1.54, 1.807) is 11.9 Å². The Labute approximate surface area is 48.9 Å². The van der Waals surface area contributed by atoms with Gasteiger partial charge < -0.3 is 4.90 Å². The Morgan fingerprint density at radius 2 is 2.43 bits per heavy atom. The molecule has 0 aliphatic heterocycles. The van der Waals surface area contributed by atoms with Crippen molar-refractivity contribution >= 4 is 19.0 Å². The van der Waals surface area contributed by atoms with E-state index >= 15 is 0 Å². The van der Waals surface area contributed by atoms with Crippen molar-refractivity contribution in [1.29, 1.82) is 0 Å². The Morgan fingerprint density at radius 1 is 1.86 bits per heavy atom. The molecule has 0 radical (unpaired) electrons. The molecule has 0 unspecified atom stereocenters. The van der Waals surface area contributed by atoms with Gasteiger partial charge in [0.25, 0.3) is 0 Å². The Kier molecular flexibility index (Phi) is 3.89. The highest BCUT2D eigenvalue weighted by Gasteiger charge is 1.85. The highest BCUT2D eigenvalue weighted by atomic mass is 32.1. The summed E-state index contributed by atoms with van der Waals surface area (Å²) in [7, 11) is 1.73. The summed E-state index contributed by atoms with van der Waals surface area (Å²) >= 11 is 3.91. The van der Waals surface area contributed by atoms with Gasteiger partial charge in [-0.05, 0) is 0 Å². The fourth-order valence-electron chi connectivity index (χ4n) is 0.210. The van der Waals surface area contributed by atoms with Crippen LogP contribution in [0.25, 0.3) is 0 Å². The van der Waals surface area contributed by atoms with Gasteiger partial charge in [-0.15, -0.1) is 0 Å². The van der Waals surface area contributed by atoms with Gasteiger partial charge in [0.1, 0.15) is 0 Å². The van der Waals surface area contributed by atoms with Crippen LogP contribution in [0.5, 0.6) is 0 Å². The topological polar surface area (TPSA) is 20.3 Å². The maximum atomic E-state index is 9.79. The molecule has 0 aromatic heterocycles. The van der Waals surface area contributed by atoms with Crippen LogP contribution in [-0.2, 0) is 4.79 Å². The monoisotopic (exact) mass is 119 g/mol. The van der Waals surface area contributed by atoms with E-state index in [0.29, 0.717) is 0 Å². The standard InChI is InChI=1S/C4H9NOS/c1-5(4-6)2-3-7/h4,7H,2-3H2,1H3. The van der Waals surface area contributed by atoms with Crippen molar-refractivity contribution < 1.29 is 4.79 Å². The van der Waals surface area contributed by atoms with Crippen LogP contribution in [0, 0.1) is 0 Å². The SMILES string of the molecule is CN(C=O)CCS. The molecular formula is C4H9NOS. The quantitative estimate of drug-likeness (QED) is 0.410.